The van der Waals surface area contributed by atoms with E-state index in [2.05, 4.69) is 14.9 Å². The lowest BCUT2D eigenvalue weighted by Gasteiger charge is -2.31. The number of sulfonamides is 1. The maximum Gasteiger partial charge on any atom is 0.240 e. The van der Waals surface area contributed by atoms with Gasteiger partial charge in [0, 0.05) is 38.1 Å². The van der Waals surface area contributed by atoms with Gasteiger partial charge in [-0.05, 0) is 46.7 Å². The van der Waals surface area contributed by atoms with Gasteiger partial charge in [0.05, 0.1) is 17.7 Å². The number of methoxy groups -OCH3 is 1. The minimum atomic E-state index is -3.76. The molecular weight excluding hydrogens is 441 g/mol. The van der Waals surface area contributed by atoms with E-state index in [1.54, 1.807) is 31.4 Å². The van der Waals surface area contributed by atoms with Crippen LogP contribution in [0.4, 0.5) is 10.1 Å². The smallest absolute Gasteiger partial charge is 0.240 e. The van der Waals surface area contributed by atoms with Crippen LogP contribution in [0.15, 0.2) is 59.5 Å². The Bertz CT molecular complexity index is 1250. The highest BCUT2D eigenvalue weighted by molar-refractivity contribution is 7.89. The van der Waals surface area contributed by atoms with Crippen LogP contribution in [0, 0.1) is 5.82 Å². The van der Waals surface area contributed by atoms with Crippen LogP contribution in [-0.4, -0.2) is 48.3 Å². The van der Waals surface area contributed by atoms with Gasteiger partial charge >= 0.3 is 0 Å². The van der Waals surface area contributed by atoms with Crippen LogP contribution < -0.4 is 19.7 Å². The summed E-state index contributed by atoms with van der Waals surface area (Å²) in [7, 11) is -2.17. The van der Waals surface area contributed by atoms with E-state index in [0.717, 1.165) is 48.2 Å². The number of hydrogen-bond donors (Lipinski definition) is 2. The molecule has 3 aromatic carbocycles. The van der Waals surface area contributed by atoms with Gasteiger partial charge in [0.25, 0.3) is 0 Å². The SMILES string of the molecule is COc1ccc(S(=O)(=O)NCC(C)(C)c2cccc3cc(F)ccc23)cc1N1CCNCC1. The molecule has 1 saturated heterocycles. The Morgan fingerprint density at radius 3 is 2.58 bits per heavy atom. The standard InChI is InChI=1S/C25H30FN3O3S/c1-25(2,22-6-4-5-18-15-19(26)7-9-21(18)22)17-28-33(30,31)20-8-10-24(32-3)23(16-20)29-13-11-27-12-14-29/h4-10,15-16,27-28H,11-14,17H2,1-3H3. The molecule has 1 fully saturated rings. The van der Waals surface area contributed by atoms with Gasteiger partial charge in [-0.25, -0.2) is 17.5 Å². The Hall–Kier alpha value is -2.68. The largest absolute Gasteiger partial charge is 0.495 e. The molecule has 8 heteroatoms. The van der Waals surface area contributed by atoms with Crippen molar-refractivity contribution in [3.8, 4) is 5.75 Å². The van der Waals surface area contributed by atoms with Crippen molar-refractivity contribution in [2.75, 3.05) is 44.7 Å². The summed E-state index contributed by atoms with van der Waals surface area (Å²) < 4.78 is 48.4. The number of nitrogens with zero attached hydrogens (tertiary/aromatic N) is 1. The van der Waals surface area contributed by atoms with Gasteiger partial charge in [-0.2, -0.15) is 0 Å². The Labute approximate surface area is 194 Å². The van der Waals surface area contributed by atoms with Gasteiger partial charge in [-0.3, -0.25) is 0 Å². The highest BCUT2D eigenvalue weighted by atomic mass is 32.2. The van der Waals surface area contributed by atoms with E-state index < -0.39 is 15.4 Å². The molecule has 0 aliphatic carbocycles. The zero-order valence-corrected chi connectivity index (χ0v) is 20.0. The Morgan fingerprint density at radius 1 is 1.09 bits per heavy atom. The first-order chi connectivity index (χ1) is 15.7. The highest BCUT2D eigenvalue weighted by Gasteiger charge is 2.27. The maximum absolute atomic E-state index is 13.7. The third-order valence-corrected chi connectivity index (χ3v) is 7.59. The molecule has 0 atom stereocenters. The predicted octanol–water partition coefficient (Wildman–Crippen LogP) is 3.65. The number of halogens is 1. The first kappa shape index (κ1) is 23.5. The molecule has 0 spiro atoms. The quantitative estimate of drug-likeness (QED) is 0.551. The van der Waals surface area contributed by atoms with Crippen molar-refractivity contribution in [3.63, 3.8) is 0 Å². The molecule has 1 aliphatic heterocycles. The fourth-order valence-electron chi connectivity index (χ4n) is 4.29. The molecule has 0 unspecified atom stereocenters. The molecule has 0 bridgehead atoms. The molecule has 1 heterocycles. The fraction of sp³-hybridized carbons (Fsp3) is 0.360. The summed E-state index contributed by atoms with van der Waals surface area (Å²) >= 11 is 0. The predicted molar refractivity (Wildman–Crippen MR) is 130 cm³/mol. The minimum absolute atomic E-state index is 0.195. The van der Waals surface area contributed by atoms with Crippen LogP contribution in [0.25, 0.3) is 10.8 Å². The van der Waals surface area contributed by atoms with Crippen molar-refractivity contribution in [3.05, 3.63) is 66.0 Å². The molecule has 1 aliphatic rings. The van der Waals surface area contributed by atoms with Crippen LogP contribution in [0.1, 0.15) is 19.4 Å². The van der Waals surface area contributed by atoms with Gasteiger partial charge in [-0.1, -0.05) is 38.1 Å². The molecule has 0 saturated carbocycles. The zero-order chi connectivity index (χ0) is 23.6. The van der Waals surface area contributed by atoms with Crippen LogP contribution in [-0.2, 0) is 15.4 Å². The van der Waals surface area contributed by atoms with E-state index >= 15 is 0 Å². The van der Waals surface area contributed by atoms with E-state index in [0.29, 0.717) is 5.75 Å². The molecule has 33 heavy (non-hydrogen) atoms. The van der Waals surface area contributed by atoms with Crippen LogP contribution in [0.5, 0.6) is 5.75 Å². The van der Waals surface area contributed by atoms with Crippen LogP contribution in [0.2, 0.25) is 0 Å². The van der Waals surface area contributed by atoms with Gasteiger partial charge in [-0.15, -0.1) is 0 Å². The monoisotopic (exact) mass is 471 g/mol. The van der Waals surface area contributed by atoms with Crippen LogP contribution >= 0.6 is 0 Å². The molecule has 3 aromatic rings. The van der Waals surface area contributed by atoms with E-state index in [4.69, 9.17) is 4.74 Å². The highest BCUT2D eigenvalue weighted by Crippen LogP contribution is 2.33. The maximum atomic E-state index is 13.7. The third-order valence-electron chi connectivity index (χ3n) is 6.19. The lowest BCUT2D eigenvalue weighted by Crippen LogP contribution is -2.43. The van der Waals surface area contributed by atoms with E-state index in [1.165, 1.54) is 12.1 Å². The number of piperazine rings is 1. The first-order valence-corrected chi connectivity index (χ1v) is 12.5. The van der Waals surface area contributed by atoms with Crippen molar-refractivity contribution in [2.45, 2.75) is 24.2 Å². The number of fused-ring (bicyclic) bond motifs is 1. The molecule has 0 amide bonds. The first-order valence-electron chi connectivity index (χ1n) is 11.0. The number of anilines is 1. The van der Waals surface area contributed by atoms with Crippen molar-refractivity contribution in [2.24, 2.45) is 0 Å². The molecule has 0 radical (unpaired) electrons. The number of benzene rings is 3. The van der Waals surface area contributed by atoms with Gasteiger partial charge in [0.15, 0.2) is 0 Å². The van der Waals surface area contributed by atoms with Gasteiger partial charge in [0.2, 0.25) is 10.0 Å². The van der Waals surface area contributed by atoms with Crippen molar-refractivity contribution >= 4 is 26.5 Å². The second kappa shape index (κ2) is 9.29. The summed E-state index contributed by atoms with van der Waals surface area (Å²) in [5.74, 6) is 0.358. The molecule has 0 aromatic heterocycles. The normalized spacial score (nSPS) is 15.1. The summed E-state index contributed by atoms with van der Waals surface area (Å²) in [6, 6.07) is 15.3. The fourth-order valence-corrected chi connectivity index (χ4v) is 5.52. The minimum Gasteiger partial charge on any atom is -0.495 e. The Kier molecular flexibility index (Phi) is 6.61. The number of nitrogens with one attached hydrogen (secondary N) is 2. The molecule has 4 rings (SSSR count). The van der Waals surface area contributed by atoms with Crippen LogP contribution in [0.3, 0.4) is 0 Å². The van der Waals surface area contributed by atoms with E-state index in [-0.39, 0.29) is 17.3 Å². The van der Waals surface area contributed by atoms with Crippen molar-refractivity contribution in [1.29, 1.82) is 0 Å². The second-order valence-electron chi connectivity index (χ2n) is 8.95. The molecule has 2 N–H and O–H groups in total. The Morgan fingerprint density at radius 2 is 1.85 bits per heavy atom. The lowest BCUT2D eigenvalue weighted by atomic mass is 9.82. The average molecular weight is 472 g/mol. The summed E-state index contributed by atoms with van der Waals surface area (Å²) in [4.78, 5) is 2.33. The number of hydrogen-bond acceptors (Lipinski definition) is 5. The average Bonchev–Trinajstić information content (AvgIpc) is 2.82. The van der Waals surface area contributed by atoms with Crippen molar-refractivity contribution in [1.82, 2.24) is 10.0 Å². The van der Waals surface area contributed by atoms with Gasteiger partial charge in [0.1, 0.15) is 11.6 Å². The third kappa shape index (κ3) is 4.98. The summed E-state index contributed by atoms with van der Waals surface area (Å²) in [5, 5.41) is 5.00. The lowest BCUT2D eigenvalue weighted by molar-refractivity contribution is 0.412. The van der Waals surface area contributed by atoms with E-state index in [9.17, 15) is 12.8 Å². The zero-order valence-electron chi connectivity index (χ0n) is 19.2. The number of ether oxygens (including phenoxy) is 1. The topological polar surface area (TPSA) is 70.7 Å². The van der Waals surface area contributed by atoms with E-state index in [1.807, 2.05) is 32.0 Å². The Balaban J connectivity index is 1.59. The summed E-state index contributed by atoms with van der Waals surface area (Å²) in [5.41, 5.74) is 1.22. The van der Waals surface area contributed by atoms with Crippen molar-refractivity contribution < 1.29 is 17.5 Å². The second-order valence-corrected chi connectivity index (χ2v) is 10.7. The number of rotatable bonds is 7. The molecule has 6 nitrogen and oxygen atoms in total. The summed E-state index contributed by atoms with van der Waals surface area (Å²) in [6.45, 7) is 7.38. The molecule has 176 valence electrons. The van der Waals surface area contributed by atoms with Gasteiger partial charge < -0.3 is 15.0 Å². The summed E-state index contributed by atoms with van der Waals surface area (Å²) in [6.07, 6.45) is 0. The molecular formula is C25H30FN3O3S.